The maximum Gasteiger partial charge on any atom is 0.233 e. The molecule has 3 heterocycles. The van der Waals surface area contributed by atoms with E-state index in [-0.39, 0.29) is 11.8 Å². The van der Waals surface area contributed by atoms with Crippen molar-refractivity contribution < 1.29 is 9.21 Å². The van der Waals surface area contributed by atoms with Crippen molar-refractivity contribution in [3.8, 4) is 0 Å². The van der Waals surface area contributed by atoms with E-state index >= 15 is 0 Å². The number of hydrogen-bond acceptors (Lipinski definition) is 5. The third-order valence-electron chi connectivity index (χ3n) is 6.92. The topological polar surface area (TPSA) is 64.2 Å². The molecule has 2 aromatic heterocycles. The van der Waals surface area contributed by atoms with Gasteiger partial charge in [0, 0.05) is 25.6 Å². The maximum atomic E-state index is 13.1. The number of oxazole rings is 1. The molecular formula is C29H28N4O2S. The lowest BCUT2D eigenvalue weighted by Gasteiger charge is -2.30. The number of para-hydroxylation sites is 4. The van der Waals surface area contributed by atoms with Crippen LogP contribution in [0.25, 0.3) is 22.1 Å². The Morgan fingerprint density at radius 2 is 1.61 bits per heavy atom. The van der Waals surface area contributed by atoms with Gasteiger partial charge in [-0.25, -0.2) is 9.97 Å². The zero-order valence-corrected chi connectivity index (χ0v) is 20.9. The van der Waals surface area contributed by atoms with Crippen molar-refractivity contribution in [2.45, 2.75) is 36.9 Å². The van der Waals surface area contributed by atoms with Gasteiger partial charge in [-0.2, -0.15) is 0 Å². The van der Waals surface area contributed by atoms with E-state index in [4.69, 9.17) is 9.40 Å². The number of nitrogens with zero attached hydrogens (tertiary/aromatic N) is 4. The number of thioether (sulfide) groups is 1. The Hall–Kier alpha value is -3.58. The standard InChI is InChI=1S/C29H28N4O2S/c34-27(32-17-15-22(16-18-32)28-30-24-11-5-7-13-26(24)35-28)20-36-29-31-23-10-4-6-12-25(23)33(29)19-14-21-8-2-1-3-9-21/h1-13,22H,14-20H2. The van der Waals surface area contributed by atoms with E-state index in [1.807, 2.05) is 53.4 Å². The largest absolute Gasteiger partial charge is 0.440 e. The number of amides is 1. The van der Waals surface area contributed by atoms with Gasteiger partial charge in [0.2, 0.25) is 5.91 Å². The summed E-state index contributed by atoms with van der Waals surface area (Å²) < 4.78 is 8.23. The SMILES string of the molecule is O=C(CSc1nc2ccccc2n1CCc1ccccc1)N1CCC(c2nc3ccccc3o2)CC1. The highest BCUT2D eigenvalue weighted by molar-refractivity contribution is 7.99. The summed E-state index contributed by atoms with van der Waals surface area (Å²) in [5.74, 6) is 1.61. The van der Waals surface area contributed by atoms with Crippen LogP contribution < -0.4 is 0 Å². The van der Waals surface area contributed by atoms with E-state index in [1.54, 1.807) is 0 Å². The zero-order chi connectivity index (χ0) is 24.3. The first-order valence-electron chi connectivity index (χ1n) is 12.5. The van der Waals surface area contributed by atoms with Gasteiger partial charge in [-0.05, 0) is 49.1 Å². The number of imidazole rings is 1. The second-order valence-electron chi connectivity index (χ2n) is 9.23. The van der Waals surface area contributed by atoms with E-state index in [0.717, 1.165) is 72.1 Å². The summed E-state index contributed by atoms with van der Waals surface area (Å²) >= 11 is 1.54. The summed E-state index contributed by atoms with van der Waals surface area (Å²) in [6, 6.07) is 26.6. The second kappa shape index (κ2) is 10.2. The van der Waals surface area contributed by atoms with Crippen molar-refractivity contribution in [3.63, 3.8) is 0 Å². The third kappa shape index (κ3) is 4.75. The Bertz CT molecular complexity index is 1450. The summed E-state index contributed by atoms with van der Waals surface area (Å²) in [7, 11) is 0. The number of hydrogen-bond donors (Lipinski definition) is 0. The van der Waals surface area contributed by atoms with Crippen molar-refractivity contribution in [2.24, 2.45) is 0 Å². The van der Waals surface area contributed by atoms with Gasteiger partial charge in [-0.15, -0.1) is 0 Å². The van der Waals surface area contributed by atoms with Gasteiger partial charge >= 0.3 is 0 Å². The Morgan fingerprint density at radius 1 is 0.889 bits per heavy atom. The number of aromatic nitrogens is 3. The number of aryl methyl sites for hydroxylation is 2. The van der Waals surface area contributed by atoms with Crippen LogP contribution >= 0.6 is 11.8 Å². The normalized spacial score (nSPS) is 14.6. The summed E-state index contributed by atoms with van der Waals surface area (Å²) in [5.41, 5.74) is 5.11. The fourth-order valence-electron chi connectivity index (χ4n) is 4.92. The van der Waals surface area contributed by atoms with Crippen LogP contribution in [0.1, 0.15) is 30.2 Å². The Labute approximate surface area is 214 Å². The molecule has 36 heavy (non-hydrogen) atoms. The third-order valence-corrected chi connectivity index (χ3v) is 7.88. The molecule has 0 aliphatic carbocycles. The molecule has 0 atom stereocenters. The second-order valence-corrected chi connectivity index (χ2v) is 10.2. The van der Waals surface area contributed by atoms with Crippen molar-refractivity contribution in [1.82, 2.24) is 19.4 Å². The summed E-state index contributed by atoms with van der Waals surface area (Å²) in [4.78, 5) is 24.6. The molecule has 0 unspecified atom stereocenters. The van der Waals surface area contributed by atoms with Crippen LogP contribution in [0.3, 0.4) is 0 Å². The van der Waals surface area contributed by atoms with E-state index in [2.05, 4.69) is 39.9 Å². The molecule has 1 saturated heterocycles. The van der Waals surface area contributed by atoms with E-state index < -0.39 is 0 Å². The zero-order valence-electron chi connectivity index (χ0n) is 20.0. The predicted molar refractivity (Wildman–Crippen MR) is 143 cm³/mol. The smallest absolute Gasteiger partial charge is 0.233 e. The maximum absolute atomic E-state index is 13.1. The van der Waals surface area contributed by atoms with Crippen LogP contribution in [0, 0.1) is 0 Å². The molecule has 6 rings (SSSR count). The van der Waals surface area contributed by atoms with Gasteiger partial charge < -0.3 is 13.9 Å². The first kappa shape index (κ1) is 22.9. The van der Waals surface area contributed by atoms with Crippen molar-refractivity contribution in [3.05, 3.63) is 90.3 Å². The minimum absolute atomic E-state index is 0.165. The number of carbonyl (C=O) groups is 1. The van der Waals surface area contributed by atoms with Crippen molar-refractivity contribution in [2.75, 3.05) is 18.8 Å². The van der Waals surface area contributed by atoms with Crippen LogP contribution in [0.15, 0.2) is 88.4 Å². The number of benzene rings is 3. The van der Waals surface area contributed by atoms with Crippen molar-refractivity contribution in [1.29, 1.82) is 0 Å². The molecule has 3 aromatic carbocycles. The van der Waals surface area contributed by atoms with Crippen LogP contribution in [0.5, 0.6) is 0 Å². The molecule has 0 radical (unpaired) electrons. The quantitative estimate of drug-likeness (QED) is 0.262. The van der Waals surface area contributed by atoms with Crippen LogP contribution in [0.4, 0.5) is 0 Å². The first-order valence-corrected chi connectivity index (χ1v) is 13.5. The number of carbonyl (C=O) groups excluding carboxylic acids is 1. The molecule has 1 aliphatic heterocycles. The highest BCUT2D eigenvalue weighted by Gasteiger charge is 2.27. The predicted octanol–water partition coefficient (Wildman–Crippen LogP) is 5.92. The Balaban J connectivity index is 1.09. The van der Waals surface area contributed by atoms with Gasteiger partial charge in [0.25, 0.3) is 0 Å². The molecule has 5 aromatic rings. The lowest BCUT2D eigenvalue weighted by Crippen LogP contribution is -2.39. The van der Waals surface area contributed by atoms with Crippen LogP contribution in [-0.4, -0.2) is 44.2 Å². The fourth-order valence-corrected chi connectivity index (χ4v) is 5.87. The summed E-state index contributed by atoms with van der Waals surface area (Å²) in [5, 5.41) is 0.904. The minimum Gasteiger partial charge on any atom is -0.440 e. The number of piperidine rings is 1. The molecule has 7 heteroatoms. The minimum atomic E-state index is 0.165. The molecule has 1 fully saturated rings. The summed E-state index contributed by atoms with van der Waals surface area (Å²) in [6.45, 7) is 2.29. The molecule has 1 aliphatic rings. The Morgan fingerprint density at radius 3 is 2.42 bits per heavy atom. The number of fused-ring (bicyclic) bond motifs is 2. The van der Waals surface area contributed by atoms with Crippen LogP contribution in [-0.2, 0) is 17.8 Å². The molecule has 1 amide bonds. The monoisotopic (exact) mass is 496 g/mol. The van der Waals surface area contributed by atoms with E-state index in [1.165, 1.54) is 17.3 Å². The molecule has 0 bridgehead atoms. The van der Waals surface area contributed by atoms with Crippen molar-refractivity contribution >= 4 is 39.8 Å². The van der Waals surface area contributed by atoms with Gasteiger partial charge in [0.15, 0.2) is 16.6 Å². The lowest BCUT2D eigenvalue weighted by molar-refractivity contribution is -0.129. The van der Waals surface area contributed by atoms with Gasteiger partial charge in [-0.3, -0.25) is 4.79 Å². The van der Waals surface area contributed by atoms with Crippen LogP contribution in [0.2, 0.25) is 0 Å². The highest BCUT2D eigenvalue weighted by Crippen LogP contribution is 2.31. The number of rotatable bonds is 7. The molecule has 182 valence electrons. The van der Waals surface area contributed by atoms with E-state index in [0.29, 0.717) is 5.75 Å². The first-order chi connectivity index (χ1) is 17.7. The van der Waals surface area contributed by atoms with Gasteiger partial charge in [-0.1, -0.05) is 66.4 Å². The summed E-state index contributed by atoms with van der Waals surface area (Å²) in [6.07, 6.45) is 2.67. The molecule has 6 nitrogen and oxygen atoms in total. The highest BCUT2D eigenvalue weighted by atomic mass is 32.2. The van der Waals surface area contributed by atoms with E-state index in [9.17, 15) is 4.79 Å². The van der Waals surface area contributed by atoms with Gasteiger partial charge in [0.1, 0.15) is 5.52 Å². The molecule has 0 spiro atoms. The molecule has 0 saturated carbocycles. The Kier molecular flexibility index (Phi) is 6.47. The average molecular weight is 497 g/mol. The average Bonchev–Trinajstić information content (AvgIpc) is 3.52. The fraction of sp³-hybridized carbons (Fsp3) is 0.276. The molecule has 0 N–H and O–H groups in total. The number of likely N-dealkylation sites (tertiary alicyclic amines) is 1. The lowest BCUT2D eigenvalue weighted by atomic mass is 9.97. The van der Waals surface area contributed by atoms with Gasteiger partial charge in [0.05, 0.1) is 16.8 Å². The molecular weight excluding hydrogens is 468 g/mol.